The Hall–Kier alpha value is -5.14. The molecule has 2 aromatic heterocycles. The van der Waals surface area contributed by atoms with Gasteiger partial charge >= 0.3 is 0 Å². The van der Waals surface area contributed by atoms with Crippen molar-refractivity contribution in [1.82, 2.24) is 14.1 Å². The standard InChI is InChI=1S/C45H35IN4/c46-45(29-15-16-31(30-45)44-47-37-24-10-14-28-41(37)49(44)33-19-5-2-6-20-33)50-39-26-12-8-22-35(39)42-34-21-7-11-25-38(34)48(32-17-3-1-4-18-32)43(42)36-23-9-13-27-40(36)50/h1-5,7-10,12-19,21-24,26-28,30H,6,11,20,25,29H2. The summed E-state index contributed by atoms with van der Waals surface area (Å²) in [5, 5.41) is 0. The number of imidazole rings is 1. The topological polar surface area (TPSA) is 26.0 Å². The average Bonchev–Trinajstić information content (AvgIpc) is 3.69. The first-order valence-electron chi connectivity index (χ1n) is 17.6. The van der Waals surface area contributed by atoms with Gasteiger partial charge < -0.3 is 9.47 Å². The minimum atomic E-state index is -0.408. The lowest BCUT2D eigenvalue weighted by Crippen LogP contribution is -2.40. The molecule has 0 N–H and O–H groups in total. The highest BCUT2D eigenvalue weighted by Crippen LogP contribution is 2.56. The van der Waals surface area contributed by atoms with Gasteiger partial charge in [-0.25, -0.2) is 4.98 Å². The van der Waals surface area contributed by atoms with Crippen LogP contribution >= 0.6 is 22.6 Å². The van der Waals surface area contributed by atoms with Crippen molar-refractivity contribution in [3.63, 3.8) is 0 Å². The van der Waals surface area contributed by atoms with E-state index in [0.717, 1.165) is 54.5 Å². The van der Waals surface area contributed by atoms with E-state index < -0.39 is 3.55 Å². The Kier molecular flexibility index (Phi) is 6.98. The predicted molar refractivity (Wildman–Crippen MR) is 217 cm³/mol. The van der Waals surface area contributed by atoms with Crippen molar-refractivity contribution in [2.45, 2.75) is 35.6 Å². The van der Waals surface area contributed by atoms with Gasteiger partial charge in [0.2, 0.25) is 0 Å². The molecule has 0 amide bonds. The van der Waals surface area contributed by atoms with E-state index in [0.29, 0.717) is 0 Å². The second-order valence-corrected chi connectivity index (χ2v) is 15.3. The Morgan fingerprint density at radius 1 is 0.680 bits per heavy atom. The molecule has 50 heavy (non-hydrogen) atoms. The molecular formula is C45H35IN4. The maximum absolute atomic E-state index is 5.29. The van der Waals surface area contributed by atoms with E-state index in [-0.39, 0.29) is 0 Å². The number of aromatic nitrogens is 3. The molecule has 1 aliphatic heterocycles. The van der Waals surface area contributed by atoms with Gasteiger partial charge in [0.25, 0.3) is 0 Å². The molecule has 5 heteroatoms. The summed E-state index contributed by atoms with van der Waals surface area (Å²) in [5.41, 5.74) is 16.1. The van der Waals surface area contributed by atoms with Gasteiger partial charge in [0, 0.05) is 51.3 Å². The van der Waals surface area contributed by atoms with E-state index in [4.69, 9.17) is 4.98 Å². The van der Waals surface area contributed by atoms with Gasteiger partial charge in [-0.1, -0.05) is 103 Å². The lowest BCUT2D eigenvalue weighted by Gasteiger charge is -2.41. The first kappa shape index (κ1) is 29.7. The van der Waals surface area contributed by atoms with Crippen molar-refractivity contribution in [3.05, 3.63) is 163 Å². The van der Waals surface area contributed by atoms with Crippen molar-refractivity contribution >= 4 is 62.3 Å². The van der Waals surface area contributed by atoms with Crippen LogP contribution in [-0.4, -0.2) is 17.7 Å². The number of rotatable bonds is 4. The number of halogens is 1. The molecule has 4 aliphatic rings. The maximum Gasteiger partial charge on any atom is 0.145 e. The number of alkyl halides is 1. The second kappa shape index (κ2) is 11.7. The van der Waals surface area contributed by atoms with Gasteiger partial charge in [-0.2, -0.15) is 0 Å². The number of benzene rings is 4. The molecule has 242 valence electrons. The first-order chi connectivity index (χ1) is 24.7. The number of hydrogen-bond donors (Lipinski definition) is 0. The van der Waals surface area contributed by atoms with E-state index in [1.807, 2.05) is 0 Å². The number of hydrogen-bond acceptors (Lipinski definition) is 2. The minimum absolute atomic E-state index is 0.408. The smallest absolute Gasteiger partial charge is 0.145 e. The monoisotopic (exact) mass is 758 g/mol. The Morgan fingerprint density at radius 3 is 2.26 bits per heavy atom. The molecule has 0 bridgehead atoms. The van der Waals surface area contributed by atoms with Crippen LogP contribution in [0.1, 0.15) is 42.8 Å². The molecule has 1 unspecified atom stereocenters. The fraction of sp³-hybridized carbons (Fsp3) is 0.133. The van der Waals surface area contributed by atoms with Crippen LogP contribution in [0.3, 0.4) is 0 Å². The SMILES string of the molecule is IC1(N2c3ccccc3-c3c4c(n(-c5ccccc5)c3-c3ccccc32)CCC=C4)C=C(c2nc3ccccc3n2C2=CC=CCC2)C=CC1. The zero-order valence-electron chi connectivity index (χ0n) is 27.6. The van der Waals surface area contributed by atoms with Gasteiger partial charge in [0.05, 0.1) is 28.1 Å². The van der Waals surface area contributed by atoms with Gasteiger partial charge in [0.1, 0.15) is 9.37 Å². The van der Waals surface area contributed by atoms with Gasteiger partial charge in [-0.3, -0.25) is 4.57 Å². The molecule has 4 aromatic carbocycles. The summed E-state index contributed by atoms with van der Waals surface area (Å²) in [6.07, 6.45) is 23.4. The van der Waals surface area contributed by atoms with E-state index >= 15 is 0 Å². The third-order valence-corrected chi connectivity index (χ3v) is 11.8. The molecule has 3 aliphatic carbocycles. The summed E-state index contributed by atoms with van der Waals surface area (Å²) in [6, 6.07) is 37.6. The Balaban J connectivity index is 1.23. The third-order valence-electron chi connectivity index (χ3n) is 10.5. The average molecular weight is 759 g/mol. The summed E-state index contributed by atoms with van der Waals surface area (Å²) in [7, 11) is 0. The summed E-state index contributed by atoms with van der Waals surface area (Å²) in [5.74, 6) is 0.999. The number of nitrogens with zero attached hydrogens (tertiary/aromatic N) is 4. The predicted octanol–water partition coefficient (Wildman–Crippen LogP) is 11.9. The fourth-order valence-electron chi connectivity index (χ4n) is 8.43. The van der Waals surface area contributed by atoms with Crippen LogP contribution < -0.4 is 4.90 Å². The highest BCUT2D eigenvalue weighted by Gasteiger charge is 2.41. The summed E-state index contributed by atoms with van der Waals surface area (Å²) < 4.78 is 4.53. The van der Waals surface area contributed by atoms with Crippen molar-refractivity contribution in [3.8, 4) is 28.1 Å². The zero-order chi connectivity index (χ0) is 33.2. The van der Waals surface area contributed by atoms with Crippen LogP contribution in [0.4, 0.5) is 11.4 Å². The van der Waals surface area contributed by atoms with Crippen LogP contribution in [0, 0.1) is 0 Å². The van der Waals surface area contributed by atoms with Crippen LogP contribution in [-0.2, 0) is 6.42 Å². The highest BCUT2D eigenvalue weighted by molar-refractivity contribution is 14.1. The number of allylic oxidation sites excluding steroid dienone is 7. The normalized spacial score (nSPS) is 18.9. The Morgan fingerprint density at radius 2 is 1.42 bits per heavy atom. The molecule has 0 saturated heterocycles. The highest BCUT2D eigenvalue weighted by atomic mass is 127. The van der Waals surface area contributed by atoms with Crippen LogP contribution in [0.2, 0.25) is 0 Å². The molecule has 0 saturated carbocycles. The van der Waals surface area contributed by atoms with Gasteiger partial charge in [0.15, 0.2) is 0 Å². The van der Waals surface area contributed by atoms with Crippen molar-refractivity contribution in [2.24, 2.45) is 0 Å². The summed E-state index contributed by atoms with van der Waals surface area (Å²) in [4.78, 5) is 7.90. The van der Waals surface area contributed by atoms with Crippen LogP contribution in [0.25, 0.3) is 56.5 Å². The number of fused-ring (bicyclic) bond motifs is 8. The number of para-hydroxylation sites is 5. The van der Waals surface area contributed by atoms with Crippen LogP contribution in [0.5, 0.6) is 0 Å². The Bertz CT molecular complexity index is 2490. The van der Waals surface area contributed by atoms with Crippen molar-refractivity contribution in [1.29, 1.82) is 0 Å². The van der Waals surface area contributed by atoms with Gasteiger partial charge in [-0.05, 0) is 96.8 Å². The molecule has 4 nitrogen and oxygen atoms in total. The van der Waals surface area contributed by atoms with E-state index in [9.17, 15) is 0 Å². The summed E-state index contributed by atoms with van der Waals surface area (Å²) in [6.45, 7) is 0. The lowest BCUT2D eigenvalue weighted by molar-refractivity contribution is 0.759. The van der Waals surface area contributed by atoms with E-state index in [1.54, 1.807) is 0 Å². The van der Waals surface area contributed by atoms with Crippen molar-refractivity contribution in [2.75, 3.05) is 4.90 Å². The molecular weight excluding hydrogens is 723 g/mol. The molecule has 0 radical (unpaired) electrons. The van der Waals surface area contributed by atoms with E-state index in [1.165, 1.54) is 56.4 Å². The lowest BCUT2D eigenvalue weighted by atomic mass is 9.93. The molecule has 10 rings (SSSR count). The van der Waals surface area contributed by atoms with E-state index in [2.05, 4.69) is 188 Å². The molecule has 0 spiro atoms. The quantitative estimate of drug-likeness (QED) is 0.102. The van der Waals surface area contributed by atoms with Crippen molar-refractivity contribution < 1.29 is 0 Å². The zero-order valence-corrected chi connectivity index (χ0v) is 29.8. The third kappa shape index (κ3) is 4.52. The fourth-order valence-corrected chi connectivity index (χ4v) is 9.54. The molecule has 6 aromatic rings. The maximum atomic E-state index is 5.29. The van der Waals surface area contributed by atoms with Gasteiger partial charge in [-0.15, -0.1) is 0 Å². The Labute approximate surface area is 306 Å². The second-order valence-electron chi connectivity index (χ2n) is 13.5. The number of anilines is 2. The summed E-state index contributed by atoms with van der Waals surface area (Å²) >= 11 is 2.72. The minimum Gasteiger partial charge on any atom is -0.321 e. The first-order valence-corrected chi connectivity index (χ1v) is 18.7. The largest absolute Gasteiger partial charge is 0.321 e. The molecule has 1 atom stereocenters. The molecule has 0 fully saturated rings. The molecule has 3 heterocycles. The van der Waals surface area contributed by atoms with Crippen LogP contribution in [0.15, 0.2) is 146 Å².